The lowest BCUT2D eigenvalue weighted by molar-refractivity contribution is -0.132. The van der Waals surface area contributed by atoms with Crippen LogP contribution >= 0.6 is 11.6 Å². The Morgan fingerprint density at radius 3 is 2.39 bits per heavy atom. The molecule has 1 atom stereocenters. The highest BCUT2D eigenvalue weighted by Crippen LogP contribution is 2.21. The zero-order valence-corrected chi connectivity index (χ0v) is 20.4. The van der Waals surface area contributed by atoms with E-state index in [1.807, 2.05) is 36.1 Å². The summed E-state index contributed by atoms with van der Waals surface area (Å²) >= 11 is 6.09. The largest absolute Gasteiger partial charge is 0.450 e. The van der Waals surface area contributed by atoms with Gasteiger partial charge >= 0.3 is 6.09 Å². The highest BCUT2D eigenvalue weighted by molar-refractivity contribution is 6.30. The minimum absolute atomic E-state index is 0.0249. The normalized spacial score (nSPS) is 18.1. The van der Waals surface area contributed by atoms with Crippen molar-refractivity contribution in [2.45, 2.75) is 45.6 Å². The molecule has 0 bridgehead atoms. The Labute approximate surface area is 201 Å². The summed E-state index contributed by atoms with van der Waals surface area (Å²) in [6.45, 7) is 8.14. The van der Waals surface area contributed by atoms with Gasteiger partial charge < -0.3 is 24.8 Å². The van der Waals surface area contributed by atoms with E-state index in [1.165, 1.54) is 0 Å². The summed E-state index contributed by atoms with van der Waals surface area (Å²) in [5.41, 5.74) is 1.08. The fourth-order valence-electron chi connectivity index (χ4n) is 4.41. The van der Waals surface area contributed by atoms with Crippen LogP contribution in [-0.2, 0) is 14.3 Å². The number of carbonyl (C=O) groups excluding carboxylic acids is 3. The molecule has 1 N–H and O–H groups in total. The number of nitrogens with one attached hydrogen (secondary N) is 1. The van der Waals surface area contributed by atoms with Gasteiger partial charge in [0.2, 0.25) is 11.8 Å². The lowest BCUT2D eigenvalue weighted by Crippen LogP contribution is -2.49. The van der Waals surface area contributed by atoms with Crippen LogP contribution in [0, 0.1) is 5.92 Å². The third kappa shape index (κ3) is 7.52. The predicted molar refractivity (Wildman–Crippen MR) is 128 cm³/mol. The Balaban J connectivity index is 1.35. The van der Waals surface area contributed by atoms with Gasteiger partial charge in [-0.25, -0.2) is 4.79 Å². The number of ether oxygens (including phenoxy) is 1. The molecule has 2 saturated heterocycles. The Morgan fingerprint density at radius 2 is 1.76 bits per heavy atom. The van der Waals surface area contributed by atoms with E-state index in [9.17, 15) is 14.4 Å². The SMILES string of the molecule is CCOC(=O)N1CCC(NC(=O)CC(C)CC(=O)N2CCN(c3cccc(Cl)c3)CC2)CC1. The first-order chi connectivity index (χ1) is 15.9. The Morgan fingerprint density at radius 1 is 1.06 bits per heavy atom. The number of amides is 3. The zero-order valence-electron chi connectivity index (χ0n) is 19.6. The maximum Gasteiger partial charge on any atom is 0.409 e. The van der Waals surface area contributed by atoms with Crippen molar-refractivity contribution in [3.63, 3.8) is 0 Å². The number of carbonyl (C=O) groups is 3. The van der Waals surface area contributed by atoms with Gasteiger partial charge in [0, 0.05) is 68.9 Å². The summed E-state index contributed by atoms with van der Waals surface area (Å²) in [5.74, 6) is 0.0440. The molecule has 2 fully saturated rings. The fourth-order valence-corrected chi connectivity index (χ4v) is 4.60. The van der Waals surface area contributed by atoms with Gasteiger partial charge in [0.15, 0.2) is 0 Å². The topological polar surface area (TPSA) is 82.2 Å². The third-order valence-corrected chi connectivity index (χ3v) is 6.48. The molecule has 1 unspecified atom stereocenters. The number of halogens is 1. The van der Waals surface area contributed by atoms with Crippen LogP contribution in [0.2, 0.25) is 5.02 Å². The van der Waals surface area contributed by atoms with E-state index in [2.05, 4.69) is 10.2 Å². The highest BCUT2D eigenvalue weighted by atomic mass is 35.5. The summed E-state index contributed by atoms with van der Waals surface area (Å²) in [6.07, 6.45) is 1.84. The second kappa shape index (κ2) is 12.1. The molecule has 8 nitrogen and oxygen atoms in total. The van der Waals surface area contributed by atoms with Gasteiger partial charge in [0.25, 0.3) is 0 Å². The third-order valence-electron chi connectivity index (χ3n) is 6.25. The van der Waals surface area contributed by atoms with E-state index in [4.69, 9.17) is 16.3 Å². The second-order valence-electron chi connectivity index (χ2n) is 8.89. The maximum absolute atomic E-state index is 12.7. The number of benzene rings is 1. The van der Waals surface area contributed by atoms with Crippen LogP contribution in [0.3, 0.4) is 0 Å². The monoisotopic (exact) mass is 478 g/mol. The molecule has 2 aliphatic heterocycles. The lowest BCUT2D eigenvalue weighted by Gasteiger charge is -2.36. The molecule has 9 heteroatoms. The first-order valence-corrected chi connectivity index (χ1v) is 12.2. The number of piperazine rings is 1. The summed E-state index contributed by atoms with van der Waals surface area (Å²) in [5, 5.41) is 3.77. The van der Waals surface area contributed by atoms with Gasteiger partial charge in [-0.05, 0) is 43.9 Å². The van der Waals surface area contributed by atoms with E-state index in [-0.39, 0.29) is 29.9 Å². The minimum Gasteiger partial charge on any atom is -0.450 e. The first-order valence-electron chi connectivity index (χ1n) is 11.8. The molecule has 0 spiro atoms. The number of rotatable bonds is 7. The highest BCUT2D eigenvalue weighted by Gasteiger charge is 2.26. The average Bonchev–Trinajstić information content (AvgIpc) is 2.79. The fraction of sp³-hybridized carbons (Fsp3) is 0.625. The molecule has 0 aliphatic carbocycles. The van der Waals surface area contributed by atoms with Crippen molar-refractivity contribution in [3.8, 4) is 0 Å². The van der Waals surface area contributed by atoms with E-state index < -0.39 is 0 Å². The van der Waals surface area contributed by atoms with E-state index >= 15 is 0 Å². The maximum atomic E-state index is 12.7. The van der Waals surface area contributed by atoms with Crippen molar-refractivity contribution in [1.29, 1.82) is 0 Å². The van der Waals surface area contributed by atoms with Gasteiger partial charge in [-0.1, -0.05) is 24.6 Å². The van der Waals surface area contributed by atoms with Crippen molar-refractivity contribution < 1.29 is 19.1 Å². The zero-order chi connectivity index (χ0) is 23.8. The van der Waals surface area contributed by atoms with Crippen molar-refractivity contribution in [1.82, 2.24) is 15.1 Å². The number of hydrogen-bond acceptors (Lipinski definition) is 5. The van der Waals surface area contributed by atoms with Crippen LogP contribution in [0.15, 0.2) is 24.3 Å². The number of anilines is 1. The summed E-state index contributed by atoms with van der Waals surface area (Å²) in [6, 6.07) is 7.83. The van der Waals surface area contributed by atoms with Crippen molar-refractivity contribution in [3.05, 3.63) is 29.3 Å². The smallest absolute Gasteiger partial charge is 0.409 e. The van der Waals surface area contributed by atoms with E-state index in [1.54, 1.807) is 11.8 Å². The molecule has 0 saturated carbocycles. The standard InChI is InChI=1S/C24H35ClN4O4/c1-3-33-24(32)29-9-7-20(8-10-29)26-22(30)15-18(2)16-23(31)28-13-11-27(12-14-28)21-6-4-5-19(25)17-21/h4-6,17-18,20H,3,7-16H2,1-2H3,(H,26,30). The van der Waals surface area contributed by atoms with Crippen LogP contribution < -0.4 is 10.2 Å². The van der Waals surface area contributed by atoms with Gasteiger partial charge in [-0.15, -0.1) is 0 Å². The van der Waals surface area contributed by atoms with E-state index in [0.717, 1.165) is 31.6 Å². The molecule has 1 aromatic carbocycles. The summed E-state index contributed by atoms with van der Waals surface area (Å²) < 4.78 is 5.03. The Kier molecular flexibility index (Phi) is 9.23. The predicted octanol–water partition coefficient (Wildman–Crippen LogP) is 3.14. The molecular weight excluding hydrogens is 444 g/mol. The average molecular weight is 479 g/mol. The number of hydrogen-bond donors (Lipinski definition) is 1. The van der Waals surface area contributed by atoms with Crippen LogP contribution in [0.1, 0.15) is 39.5 Å². The molecule has 2 heterocycles. The Hall–Kier alpha value is -2.48. The molecule has 3 amide bonds. The second-order valence-corrected chi connectivity index (χ2v) is 9.33. The summed E-state index contributed by atoms with van der Waals surface area (Å²) in [4.78, 5) is 42.8. The molecular formula is C24H35ClN4O4. The van der Waals surface area contributed by atoms with Crippen LogP contribution in [0.4, 0.5) is 10.5 Å². The molecule has 1 aromatic rings. The van der Waals surface area contributed by atoms with Gasteiger partial charge in [-0.3, -0.25) is 9.59 Å². The van der Waals surface area contributed by atoms with Gasteiger partial charge in [-0.2, -0.15) is 0 Å². The molecule has 182 valence electrons. The van der Waals surface area contributed by atoms with Crippen LogP contribution in [0.5, 0.6) is 0 Å². The van der Waals surface area contributed by atoms with Crippen molar-refractivity contribution in [2.24, 2.45) is 5.92 Å². The molecule has 0 radical (unpaired) electrons. The molecule has 33 heavy (non-hydrogen) atoms. The van der Waals surface area contributed by atoms with Crippen LogP contribution in [-0.4, -0.2) is 79.6 Å². The van der Waals surface area contributed by atoms with Crippen molar-refractivity contribution >= 4 is 35.2 Å². The Bertz CT molecular complexity index is 820. The van der Waals surface area contributed by atoms with Gasteiger partial charge in [0.1, 0.15) is 0 Å². The quantitative estimate of drug-likeness (QED) is 0.651. The molecule has 0 aromatic heterocycles. The van der Waals surface area contributed by atoms with Crippen LogP contribution in [0.25, 0.3) is 0 Å². The molecule has 3 rings (SSSR count). The van der Waals surface area contributed by atoms with Crippen molar-refractivity contribution in [2.75, 3.05) is 50.8 Å². The number of likely N-dealkylation sites (tertiary alicyclic amines) is 1. The lowest BCUT2D eigenvalue weighted by atomic mass is 10.0. The molecule has 2 aliphatic rings. The number of nitrogens with zero attached hydrogens (tertiary/aromatic N) is 3. The first kappa shape index (κ1) is 25.1. The summed E-state index contributed by atoms with van der Waals surface area (Å²) in [7, 11) is 0. The number of piperidine rings is 1. The van der Waals surface area contributed by atoms with Gasteiger partial charge in [0.05, 0.1) is 6.61 Å². The minimum atomic E-state index is -0.289. The van der Waals surface area contributed by atoms with E-state index in [0.29, 0.717) is 50.7 Å².